The minimum atomic E-state index is 0. The molecule has 0 saturated heterocycles. The summed E-state index contributed by atoms with van der Waals surface area (Å²) in [5.74, 6) is 0.0128. The number of amidine groups is 1. The Hall–Kier alpha value is -1.61. The number of rotatable bonds is 1. The molecule has 0 saturated carbocycles. The number of nitrogens with one attached hydrogen (secondary N) is 1. The normalized spacial score (nSPS) is 9.67. The molecule has 0 fully saturated rings. The molecule has 0 aliphatic rings. The lowest BCUT2D eigenvalue weighted by molar-refractivity contribution is 1.29. The highest BCUT2D eigenvalue weighted by Crippen LogP contribution is 2.16. The molecule has 0 spiro atoms. The van der Waals surface area contributed by atoms with Crippen molar-refractivity contribution in [3.05, 3.63) is 41.6 Å². The molecule has 0 unspecified atom stereocenters. The third-order valence-electron chi connectivity index (χ3n) is 2.20. The van der Waals surface area contributed by atoms with E-state index >= 15 is 0 Å². The molecule has 3 N–H and O–H groups in total. The molecule has 1 aromatic heterocycles. The van der Waals surface area contributed by atoms with Crippen LogP contribution in [0.25, 0.3) is 10.9 Å². The topological polar surface area (TPSA) is 62.8 Å². The number of nitrogens with two attached hydrogens (primary N) is 1. The summed E-state index contributed by atoms with van der Waals surface area (Å²) in [6.45, 7) is 2.00. The molecular weight excluding hydrogens is 210 g/mol. The van der Waals surface area contributed by atoms with Gasteiger partial charge in [0, 0.05) is 5.39 Å². The SMILES string of the molecule is Cc1cc(C(=N)N)nc2ccccc12.Cl. The average molecular weight is 222 g/mol. The van der Waals surface area contributed by atoms with Gasteiger partial charge in [0.15, 0.2) is 0 Å². The molecule has 0 aliphatic heterocycles. The van der Waals surface area contributed by atoms with Gasteiger partial charge in [-0.2, -0.15) is 0 Å². The van der Waals surface area contributed by atoms with Gasteiger partial charge in [-0.05, 0) is 24.6 Å². The number of hydrogen-bond donors (Lipinski definition) is 2. The van der Waals surface area contributed by atoms with Crippen molar-refractivity contribution in [3.63, 3.8) is 0 Å². The first-order valence-electron chi connectivity index (χ1n) is 4.39. The van der Waals surface area contributed by atoms with Crippen LogP contribution in [-0.4, -0.2) is 10.8 Å². The van der Waals surface area contributed by atoms with Crippen molar-refractivity contribution in [3.8, 4) is 0 Å². The van der Waals surface area contributed by atoms with E-state index in [9.17, 15) is 0 Å². The number of halogens is 1. The fraction of sp³-hybridized carbons (Fsp3) is 0.0909. The van der Waals surface area contributed by atoms with E-state index in [4.69, 9.17) is 11.1 Å². The molecule has 15 heavy (non-hydrogen) atoms. The van der Waals surface area contributed by atoms with Crippen LogP contribution in [-0.2, 0) is 0 Å². The van der Waals surface area contributed by atoms with Crippen molar-refractivity contribution in [1.29, 1.82) is 5.41 Å². The highest BCUT2D eigenvalue weighted by Gasteiger charge is 2.03. The number of aromatic nitrogens is 1. The van der Waals surface area contributed by atoms with Crippen LogP contribution in [0.4, 0.5) is 0 Å². The molecule has 0 bridgehead atoms. The van der Waals surface area contributed by atoms with Crippen molar-refractivity contribution in [2.75, 3.05) is 0 Å². The van der Waals surface area contributed by atoms with Crippen molar-refractivity contribution in [2.24, 2.45) is 5.73 Å². The zero-order chi connectivity index (χ0) is 10.1. The number of pyridine rings is 1. The summed E-state index contributed by atoms with van der Waals surface area (Å²) >= 11 is 0. The van der Waals surface area contributed by atoms with E-state index in [1.807, 2.05) is 37.3 Å². The summed E-state index contributed by atoms with van der Waals surface area (Å²) < 4.78 is 0. The highest BCUT2D eigenvalue weighted by atomic mass is 35.5. The summed E-state index contributed by atoms with van der Waals surface area (Å²) in [5.41, 5.74) is 7.92. The van der Waals surface area contributed by atoms with Gasteiger partial charge in [-0.15, -0.1) is 12.4 Å². The van der Waals surface area contributed by atoms with Crippen LogP contribution < -0.4 is 5.73 Å². The maximum absolute atomic E-state index is 7.32. The van der Waals surface area contributed by atoms with Crippen LogP contribution in [0.5, 0.6) is 0 Å². The molecule has 1 aromatic carbocycles. The minimum absolute atomic E-state index is 0. The molecule has 0 amide bonds. The largest absolute Gasteiger partial charge is 0.382 e. The second kappa shape index (κ2) is 4.28. The van der Waals surface area contributed by atoms with E-state index in [1.54, 1.807) is 0 Å². The van der Waals surface area contributed by atoms with E-state index in [1.165, 1.54) is 0 Å². The lowest BCUT2D eigenvalue weighted by Gasteiger charge is -2.04. The Morgan fingerprint density at radius 3 is 2.67 bits per heavy atom. The van der Waals surface area contributed by atoms with E-state index < -0.39 is 0 Å². The van der Waals surface area contributed by atoms with Gasteiger partial charge < -0.3 is 5.73 Å². The summed E-state index contributed by atoms with van der Waals surface area (Å²) in [6.07, 6.45) is 0. The summed E-state index contributed by atoms with van der Waals surface area (Å²) in [6, 6.07) is 9.68. The molecule has 0 aliphatic carbocycles. The quantitative estimate of drug-likeness (QED) is 0.573. The van der Waals surface area contributed by atoms with Crippen molar-refractivity contribution < 1.29 is 0 Å². The van der Waals surface area contributed by atoms with Crippen molar-refractivity contribution in [1.82, 2.24) is 4.98 Å². The van der Waals surface area contributed by atoms with Crippen molar-refractivity contribution >= 4 is 29.1 Å². The first-order valence-corrected chi connectivity index (χ1v) is 4.39. The standard InChI is InChI=1S/C11H11N3.ClH/c1-7-6-10(11(12)13)14-9-5-3-2-4-8(7)9;/h2-6H,1H3,(H3,12,13);1H. The van der Waals surface area contributed by atoms with E-state index in [0.29, 0.717) is 5.69 Å². The molecule has 78 valence electrons. The van der Waals surface area contributed by atoms with E-state index in [2.05, 4.69) is 4.98 Å². The summed E-state index contributed by atoms with van der Waals surface area (Å²) in [7, 11) is 0. The van der Waals surface area contributed by atoms with Crippen LogP contribution in [0, 0.1) is 12.3 Å². The average Bonchev–Trinajstić information content (AvgIpc) is 2.17. The van der Waals surface area contributed by atoms with Crippen LogP contribution >= 0.6 is 12.4 Å². The van der Waals surface area contributed by atoms with Gasteiger partial charge in [0.25, 0.3) is 0 Å². The van der Waals surface area contributed by atoms with Gasteiger partial charge in [-0.3, -0.25) is 5.41 Å². The maximum atomic E-state index is 7.32. The monoisotopic (exact) mass is 221 g/mol. The number of fused-ring (bicyclic) bond motifs is 1. The third kappa shape index (κ3) is 2.07. The highest BCUT2D eigenvalue weighted by molar-refractivity contribution is 5.96. The Labute approximate surface area is 94.2 Å². The van der Waals surface area contributed by atoms with Crippen molar-refractivity contribution in [2.45, 2.75) is 6.92 Å². The Morgan fingerprint density at radius 1 is 1.33 bits per heavy atom. The first kappa shape index (κ1) is 11.5. The molecule has 0 atom stereocenters. The van der Waals surface area contributed by atoms with Crippen LogP contribution in [0.2, 0.25) is 0 Å². The Bertz CT molecular complexity index is 508. The fourth-order valence-electron chi connectivity index (χ4n) is 1.49. The van der Waals surface area contributed by atoms with E-state index in [0.717, 1.165) is 16.5 Å². The minimum Gasteiger partial charge on any atom is -0.382 e. The predicted molar refractivity (Wildman–Crippen MR) is 64.7 cm³/mol. The maximum Gasteiger partial charge on any atom is 0.141 e. The van der Waals surface area contributed by atoms with Gasteiger partial charge in [0.2, 0.25) is 0 Å². The molecule has 2 rings (SSSR count). The zero-order valence-electron chi connectivity index (χ0n) is 8.32. The third-order valence-corrected chi connectivity index (χ3v) is 2.20. The number of aryl methyl sites for hydroxylation is 1. The van der Waals surface area contributed by atoms with Gasteiger partial charge in [-0.1, -0.05) is 18.2 Å². The van der Waals surface area contributed by atoms with Crippen LogP contribution in [0.3, 0.4) is 0 Å². The van der Waals surface area contributed by atoms with Gasteiger partial charge in [0.05, 0.1) is 5.52 Å². The first-order chi connectivity index (χ1) is 6.68. The molecular formula is C11H12ClN3. The fourth-order valence-corrected chi connectivity index (χ4v) is 1.49. The second-order valence-electron chi connectivity index (χ2n) is 3.26. The van der Waals surface area contributed by atoms with Gasteiger partial charge in [0.1, 0.15) is 11.5 Å². The summed E-state index contributed by atoms with van der Waals surface area (Å²) in [4.78, 5) is 4.29. The molecule has 0 radical (unpaired) electrons. The lowest BCUT2D eigenvalue weighted by atomic mass is 10.1. The molecule has 1 heterocycles. The van der Waals surface area contributed by atoms with Gasteiger partial charge >= 0.3 is 0 Å². The number of benzene rings is 1. The number of hydrogen-bond acceptors (Lipinski definition) is 2. The number of nitrogens with zero attached hydrogens (tertiary/aromatic N) is 1. The second-order valence-corrected chi connectivity index (χ2v) is 3.26. The number of para-hydroxylation sites is 1. The Kier molecular flexibility index (Phi) is 3.27. The zero-order valence-corrected chi connectivity index (χ0v) is 9.14. The number of nitrogen functional groups attached to an aromatic ring is 1. The Morgan fingerprint density at radius 2 is 2.00 bits per heavy atom. The van der Waals surface area contributed by atoms with Crippen LogP contribution in [0.15, 0.2) is 30.3 Å². The Balaban J connectivity index is 0.00000112. The molecule has 3 nitrogen and oxygen atoms in total. The van der Waals surface area contributed by atoms with E-state index in [-0.39, 0.29) is 18.2 Å². The molecule has 2 aromatic rings. The lowest BCUT2D eigenvalue weighted by Crippen LogP contribution is -2.13. The predicted octanol–water partition coefficient (Wildman–Crippen LogP) is 2.25. The summed E-state index contributed by atoms with van der Waals surface area (Å²) in [5, 5.41) is 8.43. The van der Waals surface area contributed by atoms with Gasteiger partial charge in [-0.25, -0.2) is 4.98 Å². The molecule has 4 heteroatoms. The van der Waals surface area contributed by atoms with Crippen LogP contribution in [0.1, 0.15) is 11.3 Å². The smallest absolute Gasteiger partial charge is 0.141 e.